The van der Waals surface area contributed by atoms with Crippen molar-refractivity contribution in [3.63, 3.8) is 0 Å². The van der Waals surface area contributed by atoms with Gasteiger partial charge in [0.05, 0.1) is 19.3 Å². The van der Waals surface area contributed by atoms with E-state index in [1.807, 2.05) is 0 Å². The Labute approximate surface area is 98.6 Å². The van der Waals surface area contributed by atoms with E-state index in [1.54, 1.807) is 13.8 Å². The van der Waals surface area contributed by atoms with E-state index in [0.717, 1.165) is 6.07 Å². The molecule has 92 valence electrons. The standard InChI is InChI=1S/C12H14O5/c1-4-17-12(15)8-6-9(13)11(14)10(16-3)5-7(8)2/h5-6H,4H2,1-3H3,(H,13,14). The monoisotopic (exact) mass is 238 g/mol. The molecular weight excluding hydrogens is 224 g/mol. The highest BCUT2D eigenvalue weighted by molar-refractivity contribution is 5.91. The summed E-state index contributed by atoms with van der Waals surface area (Å²) in [6.07, 6.45) is 0. The topological polar surface area (TPSA) is 72.8 Å². The Hall–Kier alpha value is -2.04. The molecule has 0 spiro atoms. The Kier molecular flexibility index (Phi) is 4.09. The molecule has 0 amide bonds. The number of methoxy groups -OCH3 is 1. The second-order valence-electron chi connectivity index (χ2n) is 3.39. The lowest BCUT2D eigenvalue weighted by molar-refractivity contribution is 0.0525. The first-order valence-electron chi connectivity index (χ1n) is 5.10. The van der Waals surface area contributed by atoms with Crippen molar-refractivity contribution in [1.82, 2.24) is 0 Å². The van der Waals surface area contributed by atoms with Crippen LogP contribution in [0.1, 0.15) is 22.8 Å². The van der Waals surface area contributed by atoms with Crippen LogP contribution in [0.15, 0.2) is 16.9 Å². The van der Waals surface area contributed by atoms with Gasteiger partial charge in [0.25, 0.3) is 0 Å². The van der Waals surface area contributed by atoms with Gasteiger partial charge in [-0.3, -0.25) is 4.79 Å². The summed E-state index contributed by atoms with van der Waals surface area (Å²) in [6.45, 7) is 3.52. The first kappa shape index (κ1) is 13.0. The molecule has 1 aromatic carbocycles. The molecule has 5 heteroatoms. The largest absolute Gasteiger partial charge is 0.502 e. The summed E-state index contributed by atoms with van der Waals surface area (Å²) in [6, 6.07) is 2.47. The van der Waals surface area contributed by atoms with E-state index >= 15 is 0 Å². The fourth-order valence-electron chi connectivity index (χ4n) is 1.36. The Morgan fingerprint density at radius 1 is 1.41 bits per heavy atom. The average Bonchev–Trinajstić information content (AvgIpc) is 2.40. The number of hydrogen-bond acceptors (Lipinski definition) is 5. The van der Waals surface area contributed by atoms with Gasteiger partial charge in [-0.1, -0.05) is 0 Å². The Morgan fingerprint density at radius 3 is 2.59 bits per heavy atom. The first-order chi connectivity index (χ1) is 8.01. The van der Waals surface area contributed by atoms with Crippen LogP contribution in [0.3, 0.4) is 0 Å². The van der Waals surface area contributed by atoms with Gasteiger partial charge in [0.1, 0.15) is 0 Å². The summed E-state index contributed by atoms with van der Waals surface area (Å²) in [5.74, 6) is -1.09. The van der Waals surface area contributed by atoms with Crippen molar-refractivity contribution < 1.29 is 19.4 Å². The molecule has 17 heavy (non-hydrogen) atoms. The van der Waals surface area contributed by atoms with Crippen LogP contribution in [0.5, 0.6) is 11.5 Å². The molecule has 1 rings (SSSR count). The minimum atomic E-state index is -0.682. The molecule has 0 bridgehead atoms. The Bertz CT molecular complexity index is 493. The zero-order valence-electron chi connectivity index (χ0n) is 9.94. The number of ether oxygens (including phenoxy) is 2. The van der Waals surface area contributed by atoms with Crippen LogP contribution >= 0.6 is 0 Å². The van der Waals surface area contributed by atoms with Gasteiger partial charge >= 0.3 is 5.97 Å². The van der Waals surface area contributed by atoms with Crippen LogP contribution in [0.25, 0.3) is 0 Å². The van der Waals surface area contributed by atoms with Crippen molar-refractivity contribution in [3.8, 4) is 11.5 Å². The molecule has 0 fully saturated rings. The maximum Gasteiger partial charge on any atom is 0.338 e. The normalized spacial score (nSPS) is 9.82. The summed E-state index contributed by atoms with van der Waals surface area (Å²) in [5.41, 5.74) is -0.0637. The molecule has 0 aliphatic carbocycles. The van der Waals surface area contributed by atoms with Gasteiger partial charge in [-0.25, -0.2) is 4.79 Å². The van der Waals surface area contributed by atoms with Crippen molar-refractivity contribution in [1.29, 1.82) is 0 Å². The van der Waals surface area contributed by atoms with E-state index in [2.05, 4.69) is 0 Å². The van der Waals surface area contributed by atoms with Gasteiger partial charge in [0, 0.05) is 6.07 Å². The number of carbonyl (C=O) groups excluding carboxylic acids is 1. The fraction of sp³-hybridized carbons (Fsp3) is 0.333. The van der Waals surface area contributed by atoms with Crippen molar-refractivity contribution in [2.75, 3.05) is 13.7 Å². The van der Waals surface area contributed by atoms with Crippen molar-refractivity contribution in [3.05, 3.63) is 33.5 Å². The van der Waals surface area contributed by atoms with Gasteiger partial charge in [-0.15, -0.1) is 0 Å². The molecule has 0 saturated heterocycles. The van der Waals surface area contributed by atoms with E-state index < -0.39 is 17.1 Å². The predicted octanol–water partition coefficient (Wildman–Crippen LogP) is 1.25. The minimum Gasteiger partial charge on any atom is -0.502 e. The maximum absolute atomic E-state index is 11.6. The van der Waals surface area contributed by atoms with Crippen LogP contribution in [-0.2, 0) is 4.74 Å². The lowest BCUT2D eigenvalue weighted by Crippen LogP contribution is -2.08. The molecule has 5 nitrogen and oxygen atoms in total. The third kappa shape index (κ3) is 2.75. The first-order valence-corrected chi connectivity index (χ1v) is 5.10. The number of esters is 1. The molecule has 0 aliphatic rings. The third-order valence-corrected chi connectivity index (χ3v) is 2.23. The number of aromatic hydroxyl groups is 1. The highest BCUT2D eigenvalue weighted by Gasteiger charge is 2.14. The zero-order chi connectivity index (χ0) is 13.0. The zero-order valence-corrected chi connectivity index (χ0v) is 9.94. The molecule has 0 saturated carbocycles. The molecule has 0 atom stereocenters. The molecule has 1 aromatic rings. The van der Waals surface area contributed by atoms with Crippen LogP contribution in [0.2, 0.25) is 0 Å². The highest BCUT2D eigenvalue weighted by Crippen LogP contribution is 2.22. The van der Waals surface area contributed by atoms with E-state index in [0.29, 0.717) is 5.56 Å². The summed E-state index contributed by atoms with van der Waals surface area (Å²) in [5, 5.41) is 9.53. The molecule has 0 radical (unpaired) electrons. The summed E-state index contributed by atoms with van der Waals surface area (Å²) in [4.78, 5) is 23.1. The number of aryl methyl sites for hydroxylation is 1. The lowest BCUT2D eigenvalue weighted by atomic mass is 10.2. The smallest absolute Gasteiger partial charge is 0.338 e. The quantitative estimate of drug-likeness (QED) is 0.802. The second kappa shape index (κ2) is 5.34. The summed E-state index contributed by atoms with van der Waals surface area (Å²) >= 11 is 0. The second-order valence-corrected chi connectivity index (χ2v) is 3.39. The Balaban J connectivity index is 3.46. The molecule has 0 aromatic heterocycles. The van der Waals surface area contributed by atoms with E-state index in [-0.39, 0.29) is 17.9 Å². The predicted molar refractivity (Wildman–Crippen MR) is 61.6 cm³/mol. The molecule has 0 unspecified atom stereocenters. The molecule has 0 heterocycles. The van der Waals surface area contributed by atoms with Crippen molar-refractivity contribution >= 4 is 5.97 Å². The highest BCUT2D eigenvalue weighted by atomic mass is 16.5. The fourth-order valence-corrected chi connectivity index (χ4v) is 1.36. The van der Waals surface area contributed by atoms with Gasteiger partial charge in [-0.2, -0.15) is 0 Å². The summed E-state index contributed by atoms with van der Waals surface area (Å²) in [7, 11) is 1.33. The Morgan fingerprint density at radius 2 is 2.06 bits per heavy atom. The van der Waals surface area contributed by atoms with E-state index in [4.69, 9.17) is 9.47 Å². The third-order valence-electron chi connectivity index (χ3n) is 2.23. The molecule has 1 N–H and O–H groups in total. The van der Waals surface area contributed by atoms with Crippen molar-refractivity contribution in [2.45, 2.75) is 13.8 Å². The maximum atomic E-state index is 11.6. The molecule has 0 aliphatic heterocycles. The van der Waals surface area contributed by atoms with Gasteiger partial charge in [0.15, 0.2) is 5.75 Å². The van der Waals surface area contributed by atoms with E-state index in [9.17, 15) is 14.7 Å². The van der Waals surface area contributed by atoms with Crippen molar-refractivity contribution in [2.24, 2.45) is 0 Å². The minimum absolute atomic E-state index is 0.0306. The SMILES string of the molecule is CCOC(=O)c1cc(=O)c(O)c(OC)cc1C. The number of hydrogen-bond donors (Lipinski definition) is 1. The lowest BCUT2D eigenvalue weighted by Gasteiger charge is -2.01. The van der Waals surface area contributed by atoms with Gasteiger partial charge in [0.2, 0.25) is 11.2 Å². The average molecular weight is 238 g/mol. The number of rotatable bonds is 3. The van der Waals surface area contributed by atoms with Crippen LogP contribution in [0, 0.1) is 6.92 Å². The van der Waals surface area contributed by atoms with Gasteiger partial charge < -0.3 is 14.6 Å². The number of carbonyl (C=O) groups is 1. The summed E-state index contributed by atoms with van der Waals surface area (Å²) < 4.78 is 9.68. The van der Waals surface area contributed by atoms with Gasteiger partial charge in [-0.05, 0) is 25.5 Å². The van der Waals surface area contributed by atoms with Crippen LogP contribution < -0.4 is 10.2 Å². The van der Waals surface area contributed by atoms with Crippen LogP contribution in [0.4, 0.5) is 0 Å². The van der Waals surface area contributed by atoms with E-state index in [1.165, 1.54) is 13.2 Å². The van der Waals surface area contributed by atoms with Crippen LogP contribution in [-0.4, -0.2) is 24.8 Å². The molecular formula is C12H14O5.